The number of hydrogen-bond donors (Lipinski definition) is 3. The molecule has 44 heavy (non-hydrogen) atoms. The first kappa shape index (κ1) is 32.7. The summed E-state index contributed by atoms with van der Waals surface area (Å²) in [4.78, 5) is 30.5. The first-order valence-corrected chi connectivity index (χ1v) is 14.8. The largest absolute Gasteiger partial charge is 0.493 e. The predicted octanol–water partition coefficient (Wildman–Crippen LogP) is 6.11. The number of aliphatic hydroxyl groups is 1. The van der Waals surface area contributed by atoms with Crippen LogP contribution in [-0.4, -0.2) is 47.5 Å². The Hall–Kier alpha value is -4.18. The average Bonchev–Trinajstić information content (AvgIpc) is 3.80. The van der Waals surface area contributed by atoms with Gasteiger partial charge >= 0.3 is 6.09 Å². The van der Waals surface area contributed by atoms with Gasteiger partial charge in [-0.2, -0.15) is 0 Å². The van der Waals surface area contributed by atoms with E-state index in [0.29, 0.717) is 46.8 Å². The summed E-state index contributed by atoms with van der Waals surface area (Å²) in [6, 6.07) is 2.94. The van der Waals surface area contributed by atoms with Gasteiger partial charge in [0.1, 0.15) is 17.0 Å². The van der Waals surface area contributed by atoms with Gasteiger partial charge in [-0.05, 0) is 108 Å². The van der Waals surface area contributed by atoms with Gasteiger partial charge in [-0.1, -0.05) is 18.2 Å². The van der Waals surface area contributed by atoms with Crippen molar-refractivity contribution < 1.29 is 33.3 Å². The van der Waals surface area contributed by atoms with E-state index in [4.69, 9.17) is 19.2 Å². The van der Waals surface area contributed by atoms with Crippen molar-refractivity contribution in [1.29, 1.82) is 0 Å². The standard InChI is InChI=1S/C34H42FN3O6/c1-21(37-32(40)44-33(2,3)4)24-17-27(22-9-7-11-25(35)14-13-22)38-30(19-24)34(5,41)20-36-31(39)23-10-8-12-28(29(18-23)42-6)43-26-15-16-26/h8-9,11-14,17-19,21,26,41H,7,10,15-16,20H2,1-6H3,(H,36,39)(H,37,40). The number of pyridine rings is 1. The third kappa shape index (κ3) is 9.16. The number of methoxy groups -OCH3 is 1. The minimum absolute atomic E-state index is 0.154. The van der Waals surface area contributed by atoms with E-state index >= 15 is 0 Å². The topological polar surface area (TPSA) is 119 Å². The quantitative estimate of drug-likeness (QED) is 0.294. The molecule has 3 N–H and O–H groups in total. The fourth-order valence-electron chi connectivity index (χ4n) is 4.49. The summed E-state index contributed by atoms with van der Waals surface area (Å²) in [6.07, 6.45) is 13.9. The van der Waals surface area contributed by atoms with Gasteiger partial charge in [-0.3, -0.25) is 4.79 Å². The molecule has 0 spiro atoms. The second kappa shape index (κ2) is 13.6. The number of carbonyl (C=O) groups is 2. The fourth-order valence-corrected chi connectivity index (χ4v) is 4.49. The van der Waals surface area contributed by atoms with Crippen LogP contribution in [0.1, 0.15) is 83.3 Å². The second-order valence-corrected chi connectivity index (χ2v) is 12.3. The van der Waals surface area contributed by atoms with E-state index in [2.05, 4.69) is 10.6 Å². The van der Waals surface area contributed by atoms with Crippen LogP contribution in [0.4, 0.5) is 9.18 Å². The summed E-state index contributed by atoms with van der Waals surface area (Å²) >= 11 is 0. The molecule has 4 rings (SSSR count). The molecule has 0 aliphatic heterocycles. The zero-order valence-electron chi connectivity index (χ0n) is 26.2. The maximum atomic E-state index is 13.9. The Morgan fingerprint density at radius 3 is 2.55 bits per heavy atom. The molecular weight excluding hydrogens is 565 g/mol. The molecule has 1 saturated carbocycles. The van der Waals surface area contributed by atoms with Gasteiger partial charge in [0, 0.05) is 5.57 Å². The smallest absolute Gasteiger partial charge is 0.408 e. The summed E-state index contributed by atoms with van der Waals surface area (Å²) in [5, 5.41) is 17.3. The molecule has 2 atom stereocenters. The molecule has 0 aromatic carbocycles. The normalized spacial score (nSPS) is 19.0. The van der Waals surface area contributed by atoms with Crippen LogP contribution in [0.3, 0.4) is 0 Å². The van der Waals surface area contributed by atoms with Crippen molar-refractivity contribution in [2.45, 2.75) is 83.6 Å². The van der Waals surface area contributed by atoms with Crippen LogP contribution in [0, 0.1) is 0 Å². The van der Waals surface area contributed by atoms with Gasteiger partial charge in [0.05, 0.1) is 37.2 Å². The molecule has 3 aliphatic carbocycles. The van der Waals surface area contributed by atoms with Crippen molar-refractivity contribution in [2.75, 3.05) is 13.7 Å². The first-order valence-electron chi connectivity index (χ1n) is 14.8. The molecule has 0 radical (unpaired) electrons. The minimum atomic E-state index is -1.61. The monoisotopic (exact) mass is 607 g/mol. The summed E-state index contributed by atoms with van der Waals surface area (Å²) in [5.74, 6) is 0.320. The van der Waals surface area contributed by atoms with Crippen LogP contribution in [-0.2, 0) is 24.6 Å². The van der Waals surface area contributed by atoms with Crippen molar-refractivity contribution in [3.05, 3.63) is 94.5 Å². The van der Waals surface area contributed by atoms with Gasteiger partial charge in [0.25, 0.3) is 0 Å². The van der Waals surface area contributed by atoms with Crippen molar-refractivity contribution in [3.63, 3.8) is 0 Å². The number of alkyl carbamates (subject to hydrolysis) is 1. The lowest BCUT2D eigenvalue weighted by Crippen LogP contribution is -2.40. The van der Waals surface area contributed by atoms with Gasteiger partial charge in [0.15, 0.2) is 11.5 Å². The summed E-state index contributed by atoms with van der Waals surface area (Å²) in [5.41, 5.74) is 0.208. The van der Waals surface area contributed by atoms with Crippen molar-refractivity contribution in [2.24, 2.45) is 0 Å². The Morgan fingerprint density at radius 1 is 1.11 bits per heavy atom. The highest BCUT2D eigenvalue weighted by molar-refractivity contribution is 5.94. The number of allylic oxidation sites excluding steroid dienone is 9. The minimum Gasteiger partial charge on any atom is -0.493 e. The number of carbonyl (C=O) groups excluding carboxylic acids is 2. The lowest BCUT2D eigenvalue weighted by molar-refractivity contribution is -0.118. The lowest BCUT2D eigenvalue weighted by Gasteiger charge is -2.26. The number of ether oxygens (including phenoxy) is 3. The highest BCUT2D eigenvalue weighted by atomic mass is 19.1. The van der Waals surface area contributed by atoms with Crippen LogP contribution in [0.25, 0.3) is 5.57 Å². The van der Waals surface area contributed by atoms with Crippen molar-refractivity contribution in [1.82, 2.24) is 15.6 Å². The van der Waals surface area contributed by atoms with Crippen LogP contribution < -0.4 is 10.6 Å². The van der Waals surface area contributed by atoms with Gasteiger partial charge in [-0.15, -0.1) is 0 Å². The third-order valence-corrected chi connectivity index (χ3v) is 7.08. The highest BCUT2D eigenvalue weighted by Gasteiger charge is 2.30. The zero-order chi connectivity index (χ0) is 32.1. The molecule has 236 valence electrons. The number of nitrogens with one attached hydrogen (secondary N) is 2. The Bertz CT molecular complexity index is 1460. The van der Waals surface area contributed by atoms with E-state index in [0.717, 1.165) is 12.8 Å². The molecule has 1 fully saturated rings. The number of rotatable bonds is 10. The predicted molar refractivity (Wildman–Crippen MR) is 166 cm³/mol. The molecule has 9 nitrogen and oxygen atoms in total. The Morgan fingerprint density at radius 2 is 1.86 bits per heavy atom. The molecule has 1 aromatic heterocycles. The van der Waals surface area contributed by atoms with Gasteiger partial charge < -0.3 is 30.0 Å². The molecule has 10 heteroatoms. The van der Waals surface area contributed by atoms with Crippen LogP contribution in [0.5, 0.6) is 0 Å². The number of hydrogen-bond acceptors (Lipinski definition) is 7. The van der Waals surface area contributed by atoms with Crippen LogP contribution in [0.2, 0.25) is 0 Å². The summed E-state index contributed by atoms with van der Waals surface area (Å²) in [6.45, 7) is 8.51. The molecule has 2 unspecified atom stereocenters. The Balaban J connectivity index is 1.57. The van der Waals surface area contributed by atoms with Gasteiger partial charge in [0.2, 0.25) is 5.91 Å². The molecule has 1 heterocycles. The molecule has 1 aromatic rings. The van der Waals surface area contributed by atoms with Gasteiger partial charge in [-0.25, -0.2) is 14.2 Å². The van der Waals surface area contributed by atoms with Crippen molar-refractivity contribution >= 4 is 17.6 Å². The van der Waals surface area contributed by atoms with Crippen LogP contribution in [0.15, 0.2) is 77.6 Å². The van der Waals surface area contributed by atoms with E-state index in [-0.39, 0.29) is 30.1 Å². The van der Waals surface area contributed by atoms with E-state index < -0.39 is 23.3 Å². The second-order valence-electron chi connectivity index (χ2n) is 12.3. The number of halogens is 1. The van der Waals surface area contributed by atoms with Crippen LogP contribution >= 0.6 is 0 Å². The highest BCUT2D eigenvalue weighted by Crippen LogP contribution is 2.31. The molecule has 2 amide bonds. The summed E-state index contributed by atoms with van der Waals surface area (Å²) in [7, 11) is 1.53. The molecule has 0 saturated heterocycles. The maximum absolute atomic E-state index is 13.9. The summed E-state index contributed by atoms with van der Waals surface area (Å²) < 4.78 is 30.7. The van der Waals surface area contributed by atoms with E-state index in [1.165, 1.54) is 19.3 Å². The number of nitrogens with zero attached hydrogens (tertiary/aromatic N) is 1. The SMILES string of the molecule is COC1=C(OC2CC2)C=CCC(C(=O)NCC(C)(O)c2cc(C(C)NC(=O)OC(C)(C)C)cc(C3=CCC=C(F)C=C3)n2)=C1. The molecular formula is C34H42FN3O6. The lowest BCUT2D eigenvalue weighted by atomic mass is 9.95. The van der Waals surface area contributed by atoms with E-state index in [1.54, 1.807) is 58.9 Å². The molecule has 0 bridgehead atoms. The van der Waals surface area contributed by atoms with Crippen molar-refractivity contribution in [3.8, 4) is 0 Å². The Kier molecular flexibility index (Phi) is 10.1. The van der Waals surface area contributed by atoms with E-state index in [1.807, 2.05) is 18.2 Å². The Labute approximate surface area is 258 Å². The zero-order valence-corrected chi connectivity index (χ0v) is 26.2. The molecule has 3 aliphatic rings. The average molecular weight is 608 g/mol. The van der Waals surface area contributed by atoms with E-state index in [9.17, 15) is 19.1 Å². The third-order valence-electron chi connectivity index (χ3n) is 7.08. The number of aromatic nitrogens is 1. The first-order chi connectivity index (χ1) is 20.7. The number of amides is 2. The maximum Gasteiger partial charge on any atom is 0.408 e. The fraction of sp³-hybridized carbons (Fsp3) is 0.441.